The lowest BCUT2D eigenvalue weighted by Gasteiger charge is -2.09. The van der Waals surface area contributed by atoms with E-state index < -0.39 is 20.9 Å². The molecule has 2 aromatic rings. The molecule has 0 aromatic heterocycles. The largest absolute Gasteiger partial charge is 0.497 e. The molecule has 0 spiro atoms. The first-order chi connectivity index (χ1) is 11.7. The molecule has 0 saturated heterocycles. The molecule has 0 radical (unpaired) electrons. The zero-order chi connectivity index (χ0) is 18.6. The molecule has 132 valence electrons. The minimum absolute atomic E-state index is 0.178. The van der Waals surface area contributed by atoms with Crippen LogP contribution in [0.25, 0.3) is 0 Å². The van der Waals surface area contributed by atoms with Gasteiger partial charge in [-0.1, -0.05) is 12.1 Å². The van der Waals surface area contributed by atoms with Gasteiger partial charge in [0.1, 0.15) is 5.75 Å². The number of amides is 1. The maximum absolute atomic E-state index is 12.2. The van der Waals surface area contributed by atoms with Gasteiger partial charge in [0, 0.05) is 17.2 Å². The van der Waals surface area contributed by atoms with Crippen molar-refractivity contribution in [2.45, 2.75) is 11.8 Å². The molecule has 0 aliphatic rings. The Morgan fingerprint density at radius 2 is 1.92 bits per heavy atom. The van der Waals surface area contributed by atoms with Crippen LogP contribution in [-0.2, 0) is 10.0 Å². The van der Waals surface area contributed by atoms with E-state index in [2.05, 4.69) is 5.43 Å². The monoisotopic (exact) mass is 365 g/mol. The second-order valence-electron chi connectivity index (χ2n) is 5.00. The Bertz CT molecular complexity index is 927. The third-order valence-corrected chi connectivity index (χ3v) is 4.56. The molecule has 0 saturated carbocycles. The van der Waals surface area contributed by atoms with E-state index in [4.69, 9.17) is 4.74 Å². The van der Waals surface area contributed by atoms with Crippen LogP contribution in [0.2, 0.25) is 0 Å². The summed E-state index contributed by atoms with van der Waals surface area (Å²) >= 11 is 0. The van der Waals surface area contributed by atoms with E-state index in [0.29, 0.717) is 11.3 Å². The van der Waals surface area contributed by atoms with Gasteiger partial charge in [-0.15, -0.1) is 4.83 Å². The molecule has 2 aromatic carbocycles. The standard InChI is InChI=1S/C15H15N3O6S/c1-10-6-7-13(9-14(10)18(20)21)25(22,23)17-16-15(19)11-4-3-5-12(8-11)24-2/h3-9,17H,1-2H3,(H,16,19). The summed E-state index contributed by atoms with van der Waals surface area (Å²) in [6.07, 6.45) is 0. The van der Waals surface area contributed by atoms with E-state index >= 15 is 0 Å². The lowest BCUT2D eigenvalue weighted by atomic mass is 10.2. The zero-order valence-electron chi connectivity index (χ0n) is 13.3. The van der Waals surface area contributed by atoms with E-state index in [-0.39, 0.29) is 16.1 Å². The van der Waals surface area contributed by atoms with Crippen molar-refractivity contribution in [3.63, 3.8) is 0 Å². The summed E-state index contributed by atoms with van der Waals surface area (Å²) < 4.78 is 29.4. The number of carbonyl (C=O) groups excluding carboxylic acids is 1. The summed E-state index contributed by atoms with van der Waals surface area (Å²) in [7, 11) is -2.73. The first kappa shape index (κ1) is 18.4. The molecule has 1 amide bonds. The zero-order valence-corrected chi connectivity index (χ0v) is 14.2. The van der Waals surface area contributed by atoms with Gasteiger partial charge >= 0.3 is 0 Å². The number of aryl methyl sites for hydroxylation is 1. The van der Waals surface area contributed by atoms with Gasteiger partial charge in [-0.2, -0.15) is 0 Å². The molecule has 0 unspecified atom stereocenters. The van der Waals surface area contributed by atoms with Crippen molar-refractivity contribution >= 4 is 21.6 Å². The highest BCUT2D eigenvalue weighted by Gasteiger charge is 2.20. The summed E-state index contributed by atoms with van der Waals surface area (Å²) in [6, 6.07) is 9.56. The van der Waals surface area contributed by atoms with Gasteiger partial charge in [0.2, 0.25) is 0 Å². The van der Waals surface area contributed by atoms with Gasteiger partial charge in [0.15, 0.2) is 0 Å². The Balaban J connectivity index is 2.17. The predicted octanol–water partition coefficient (Wildman–Crippen LogP) is 1.54. The van der Waals surface area contributed by atoms with Crippen LogP contribution >= 0.6 is 0 Å². The molecule has 10 heteroatoms. The molecular weight excluding hydrogens is 350 g/mol. The summed E-state index contributed by atoms with van der Waals surface area (Å²) in [5, 5.41) is 10.9. The number of nitrogens with zero attached hydrogens (tertiary/aromatic N) is 1. The Hall–Kier alpha value is -2.98. The van der Waals surface area contributed by atoms with Crippen molar-refractivity contribution in [1.82, 2.24) is 10.3 Å². The van der Waals surface area contributed by atoms with Crippen LogP contribution in [0.3, 0.4) is 0 Å². The molecule has 25 heavy (non-hydrogen) atoms. The number of carbonyl (C=O) groups is 1. The molecule has 0 atom stereocenters. The van der Waals surface area contributed by atoms with Crippen LogP contribution in [0.15, 0.2) is 47.4 Å². The van der Waals surface area contributed by atoms with Crippen LogP contribution in [-0.4, -0.2) is 26.4 Å². The molecule has 2 rings (SSSR count). The number of nitro benzene ring substituents is 1. The molecule has 0 aliphatic heterocycles. The second kappa shape index (κ2) is 7.28. The molecular formula is C15H15N3O6S. The van der Waals surface area contributed by atoms with Crippen LogP contribution in [0.1, 0.15) is 15.9 Å². The first-order valence-electron chi connectivity index (χ1n) is 6.96. The minimum Gasteiger partial charge on any atom is -0.497 e. The number of hydrogen-bond acceptors (Lipinski definition) is 6. The number of rotatable bonds is 6. The number of benzene rings is 2. The van der Waals surface area contributed by atoms with Gasteiger partial charge < -0.3 is 4.74 Å². The SMILES string of the molecule is COc1cccc(C(=O)NNS(=O)(=O)c2ccc(C)c([N+](=O)[O-])c2)c1. The second-order valence-corrected chi connectivity index (χ2v) is 6.68. The van der Waals surface area contributed by atoms with Crippen molar-refractivity contribution in [3.05, 3.63) is 63.7 Å². The maximum Gasteiger partial charge on any atom is 0.273 e. The maximum atomic E-state index is 12.2. The summed E-state index contributed by atoms with van der Waals surface area (Å²) in [5.41, 5.74) is 2.22. The van der Waals surface area contributed by atoms with E-state index in [1.807, 2.05) is 4.83 Å². The Kier molecular flexibility index (Phi) is 5.35. The number of hydrazine groups is 1. The van der Waals surface area contributed by atoms with Crippen LogP contribution in [0, 0.1) is 17.0 Å². The third kappa shape index (κ3) is 4.31. The predicted molar refractivity (Wildman–Crippen MR) is 88.6 cm³/mol. The van der Waals surface area contributed by atoms with Gasteiger partial charge in [0.25, 0.3) is 21.6 Å². The van der Waals surface area contributed by atoms with Crippen molar-refractivity contribution in [3.8, 4) is 5.75 Å². The average Bonchev–Trinajstić information content (AvgIpc) is 2.59. The lowest BCUT2D eigenvalue weighted by Crippen LogP contribution is -2.41. The van der Waals surface area contributed by atoms with Crippen LogP contribution in [0.4, 0.5) is 5.69 Å². The number of nitro groups is 1. The Morgan fingerprint density at radius 1 is 1.20 bits per heavy atom. The van der Waals surface area contributed by atoms with Gasteiger partial charge in [-0.3, -0.25) is 20.3 Å². The van der Waals surface area contributed by atoms with Crippen molar-refractivity contribution < 1.29 is 22.9 Å². The molecule has 0 fully saturated rings. The first-order valence-corrected chi connectivity index (χ1v) is 8.44. The fourth-order valence-corrected chi connectivity index (χ4v) is 2.82. The Labute approximate surface area is 143 Å². The third-order valence-electron chi connectivity index (χ3n) is 3.32. The van der Waals surface area contributed by atoms with Crippen LogP contribution in [0.5, 0.6) is 5.75 Å². The topological polar surface area (TPSA) is 128 Å². The van der Waals surface area contributed by atoms with E-state index in [1.54, 1.807) is 12.1 Å². The average molecular weight is 365 g/mol. The van der Waals surface area contributed by atoms with E-state index in [1.165, 1.54) is 38.3 Å². The van der Waals surface area contributed by atoms with Crippen LogP contribution < -0.4 is 15.0 Å². The van der Waals surface area contributed by atoms with Gasteiger partial charge in [0.05, 0.1) is 16.9 Å². The number of hydrogen-bond donors (Lipinski definition) is 2. The normalized spacial score (nSPS) is 11.0. The Morgan fingerprint density at radius 3 is 2.56 bits per heavy atom. The fraction of sp³-hybridized carbons (Fsp3) is 0.133. The number of ether oxygens (including phenoxy) is 1. The number of nitrogens with one attached hydrogen (secondary N) is 2. The van der Waals surface area contributed by atoms with Crippen molar-refractivity contribution in [1.29, 1.82) is 0 Å². The van der Waals surface area contributed by atoms with Crippen molar-refractivity contribution in [2.24, 2.45) is 0 Å². The lowest BCUT2D eigenvalue weighted by molar-refractivity contribution is -0.385. The van der Waals surface area contributed by atoms with E-state index in [9.17, 15) is 23.3 Å². The highest BCUT2D eigenvalue weighted by Crippen LogP contribution is 2.21. The summed E-state index contributed by atoms with van der Waals surface area (Å²) in [5.74, 6) is -0.270. The van der Waals surface area contributed by atoms with E-state index in [0.717, 1.165) is 6.07 Å². The fourth-order valence-electron chi connectivity index (χ4n) is 1.96. The van der Waals surface area contributed by atoms with Crippen molar-refractivity contribution in [2.75, 3.05) is 7.11 Å². The quantitative estimate of drug-likeness (QED) is 0.590. The molecule has 0 bridgehead atoms. The number of methoxy groups -OCH3 is 1. The molecule has 0 heterocycles. The molecule has 9 nitrogen and oxygen atoms in total. The molecule has 2 N–H and O–H groups in total. The summed E-state index contributed by atoms with van der Waals surface area (Å²) in [6.45, 7) is 1.49. The van der Waals surface area contributed by atoms with Gasteiger partial charge in [-0.25, -0.2) is 8.42 Å². The highest BCUT2D eigenvalue weighted by molar-refractivity contribution is 7.89. The smallest absolute Gasteiger partial charge is 0.273 e. The number of sulfonamides is 1. The summed E-state index contributed by atoms with van der Waals surface area (Å²) in [4.78, 5) is 23.8. The highest BCUT2D eigenvalue weighted by atomic mass is 32.2. The molecule has 0 aliphatic carbocycles. The van der Waals surface area contributed by atoms with Gasteiger partial charge in [-0.05, 0) is 31.2 Å². The minimum atomic E-state index is -4.17.